The van der Waals surface area contributed by atoms with Crippen LogP contribution in [0.1, 0.15) is 285 Å². The second-order valence-electron chi connectivity index (χ2n) is 18.8. The molecule has 0 aromatic carbocycles. The molecule has 6 heteroatoms. The van der Waals surface area contributed by atoms with Crippen molar-refractivity contribution in [1.82, 2.24) is 30.6 Å². The largest absolute Gasteiger partial charge is 0.282 e. The van der Waals surface area contributed by atoms with Crippen molar-refractivity contribution in [3.63, 3.8) is 0 Å². The van der Waals surface area contributed by atoms with Crippen LogP contribution < -0.4 is 0 Å². The van der Waals surface area contributed by atoms with Gasteiger partial charge in [0.25, 0.3) is 0 Å². The van der Waals surface area contributed by atoms with Gasteiger partial charge < -0.3 is 0 Å². The summed E-state index contributed by atoms with van der Waals surface area (Å²) in [5.74, 6) is 3.61. The van der Waals surface area contributed by atoms with Gasteiger partial charge in [0, 0.05) is 75.2 Å². The highest BCUT2D eigenvalue weighted by Gasteiger charge is 2.43. The maximum Gasteiger partial charge on any atom is 0.0697 e. The fourth-order valence-corrected chi connectivity index (χ4v) is 12.6. The quantitative estimate of drug-likeness (QED) is 0.207. The molecule has 0 bridgehead atoms. The monoisotopic (exact) mass is 707 g/mol. The summed E-state index contributed by atoms with van der Waals surface area (Å²) in [6.07, 6.45) is 40.1. The maximum absolute atomic E-state index is 5.54. The van der Waals surface area contributed by atoms with Gasteiger partial charge in [0.1, 0.15) is 0 Å². The highest BCUT2D eigenvalue weighted by Crippen LogP contribution is 2.54. The van der Waals surface area contributed by atoms with Crippen LogP contribution in [0.4, 0.5) is 0 Å². The standard InChI is InChI=1S/C46H70N6/c1-7-19-31(20-8-1)41-38(42(48-47-41)32-21-9-2-10-22-32)37(39-43(33-23-11-3-12-24-33)49-50-44(39)34-25-13-4-14-26-34)40-45(35-27-15-5-16-28-35)51-52-46(40)36-29-17-6-18-30-36/h31-37H,1-30H2,(H,47,48)(H,49,50)(H,51,52). The normalized spacial score (nSPS) is 24.6. The maximum atomic E-state index is 5.54. The minimum absolute atomic E-state index is 0.174. The van der Waals surface area contributed by atoms with Crippen LogP contribution in [0.2, 0.25) is 0 Å². The minimum atomic E-state index is 0.174. The molecule has 9 rings (SSSR count). The number of nitrogens with one attached hydrogen (secondary N) is 3. The Hall–Kier alpha value is -2.37. The summed E-state index contributed by atoms with van der Waals surface area (Å²) in [7, 11) is 0. The van der Waals surface area contributed by atoms with Crippen LogP contribution >= 0.6 is 0 Å². The number of rotatable bonds is 9. The first-order chi connectivity index (χ1) is 25.8. The molecule has 0 aliphatic heterocycles. The van der Waals surface area contributed by atoms with Gasteiger partial charge in [-0.05, 0) is 77.0 Å². The molecule has 6 saturated carbocycles. The molecule has 0 radical (unpaired) electrons. The lowest BCUT2D eigenvalue weighted by atomic mass is 9.69. The molecule has 0 amide bonds. The van der Waals surface area contributed by atoms with Gasteiger partial charge in [-0.15, -0.1) is 0 Å². The van der Waals surface area contributed by atoms with Crippen LogP contribution in [0.15, 0.2) is 0 Å². The van der Waals surface area contributed by atoms with E-state index < -0.39 is 0 Å². The third-order valence-electron chi connectivity index (χ3n) is 15.5. The van der Waals surface area contributed by atoms with E-state index in [-0.39, 0.29) is 5.92 Å². The van der Waals surface area contributed by atoms with Gasteiger partial charge in [0.05, 0.1) is 17.1 Å². The lowest BCUT2D eigenvalue weighted by Crippen LogP contribution is -2.22. The summed E-state index contributed by atoms with van der Waals surface area (Å²) in [5.41, 5.74) is 13.7. The number of hydrogen-bond donors (Lipinski definition) is 3. The molecular formula is C46H70N6. The Morgan fingerprint density at radius 3 is 0.731 bits per heavy atom. The van der Waals surface area contributed by atoms with Crippen molar-refractivity contribution in [2.75, 3.05) is 0 Å². The second-order valence-corrected chi connectivity index (χ2v) is 18.8. The highest BCUT2D eigenvalue weighted by atomic mass is 15.2. The van der Waals surface area contributed by atoms with Gasteiger partial charge in [-0.3, -0.25) is 15.3 Å². The van der Waals surface area contributed by atoms with Gasteiger partial charge in [0.15, 0.2) is 0 Å². The molecule has 52 heavy (non-hydrogen) atoms. The van der Waals surface area contributed by atoms with E-state index in [9.17, 15) is 0 Å². The smallest absolute Gasteiger partial charge is 0.0697 e. The predicted octanol–water partition coefficient (Wildman–Crippen LogP) is 13.3. The molecule has 6 aliphatic carbocycles. The SMILES string of the molecule is C1CCC(c2n[nH]c(C3CCCCC3)c2C(c2c(C3CCCCC3)n[nH]c2C2CCCCC2)c2c(C3CCCCC3)n[nH]c2C2CCCCC2)CC1. The number of aromatic nitrogens is 6. The average molecular weight is 707 g/mol. The number of nitrogens with zero attached hydrogens (tertiary/aromatic N) is 3. The van der Waals surface area contributed by atoms with Gasteiger partial charge >= 0.3 is 0 Å². The summed E-state index contributed by atoms with van der Waals surface area (Å²) >= 11 is 0. The van der Waals surface area contributed by atoms with Gasteiger partial charge in [-0.25, -0.2) is 0 Å². The molecule has 284 valence electrons. The Bertz CT molecular complexity index is 1260. The van der Waals surface area contributed by atoms with Crippen LogP contribution in [0, 0.1) is 0 Å². The van der Waals surface area contributed by atoms with Crippen molar-refractivity contribution >= 4 is 0 Å². The first kappa shape index (κ1) is 35.3. The lowest BCUT2D eigenvalue weighted by Gasteiger charge is -2.33. The Morgan fingerprint density at radius 1 is 0.288 bits per heavy atom. The van der Waals surface area contributed by atoms with E-state index in [2.05, 4.69) is 15.3 Å². The van der Waals surface area contributed by atoms with Crippen LogP contribution in [-0.4, -0.2) is 30.6 Å². The van der Waals surface area contributed by atoms with E-state index in [1.165, 1.54) is 227 Å². The number of H-pyrrole nitrogens is 3. The number of aromatic amines is 3. The molecule has 0 saturated heterocycles. The Morgan fingerprint density at radius 2 is 0.500 bits per heavy atom. The Balaban J connectivity index is 1.32. The van der Waals surface area contributed by atoms with E-state index in [1.54, 1.807) is 16.7 Å². The zero-order chi connectivity index (χ0) is 34.7. The third-order valence-corrected chi connectivity index (χ3v) is 15.5. The molecule has 3 heterocycles. The lowest BCUT2D eigenvalue weighted by molar-refractivity contribution is 0.420. The van der Waals surface area contributed by atoms with Crippen molar-refractivity contribution in [2.45, 2.75) is 234 Å². The van der Waals surface area contributed by atoms with E-state index in [0.29, 0.717) is 35.5 Å². The fraction of sp³-hybridized carbons (Fsp3) is 0.804. The number of hydrogen-bond acceptors (Lipinski definition) is 3. The van der Waals surface area contributed by atoms with E-state index >= 15 is 0 Å². The summed E-state index contributed by atoms with van der Waals surface area (Å²) in [6, 6.07) is 0. The van der Waals surface area contributed by atoms with Crippen LogP contribution in [0.5, 0.6) is 0 Å². The minimum Gasteiger partial charge on any atom is -0.282 e. The van der Waals surface area contributed by atoms with Gasteiger partial charge in [-0.2, -0.15) is 15.3 Å². The first-order valence-electron chi connectivity index (χ1n) is 23.1. The molecule has 3 N–H and O–H groups in total. The molecule has 0 spiro atoms. The summed E-state index contributed by atoms with van der Waals surface area (Å²) in [6.45, 7) is 0. The van der Waals surface area contributed by atoms with Crippen LogP contribution in [0.3, 0.4) is 0 Å². The fourth-order valence-electron chi connectivity index (χ4n) is 12.6. The Kier molecular flexibility index (Phi) is 11.3. The molecule has 0 atom stereocenters. The molecule has 3 aromatic rings. The van der Waals surface area contributed by atoms with E-state index in [0.717, 1.165) is 0 Å². The molecular weight excluding hydrogens is 637 g/mol. The van der Waals surface area contributed by atoms with Crippen molar-refractivity contribution in [1.29, 1.82) is 0 Å². The van der Waals surface area contributed by atoms with Crippen molar-refractivity contribution in [3.8, 4) is 0 Å². The molecule has 0 unspecified atom stereocenters. The average Bonchev–Trinajstić information content (AvgIpc) is 3.99. The van der Waals surface area contributed by atoms with Crippen LogP contribution in [0.25, 0.3) is 0 Å². The highest BCUT2D eigenvalue weighted by molar-refractivity contribution is 5.56. The van der Waals surface area contributed by atoms with E-state index in [4.69, 9.17) is 15.3 Å². The summed E-state index contributed by atoms with van der Waals surface area (Å²) in [5, 5.41) is 28.4. The van der Waals surface area contributed by atoms with E-state index in [1.807, 2.05) is 0 Å². The van der Waals surface area contributed by atoms with Gasteiger partial charge in [-0.1, -0.05) is 116 Å². The third kappa shape index (κ3) is 7.12. The molecule has 6 aliphatic rings. The molecule has 6 nitrogen and oxygen atoms in total. The van der Waals surface area contributed by atoms with Gasteiger partial charge in [0.2, 0.25) is 0 Å². The zero-order valence-corrected chi connectivity index (χ0v) is 32.6. The zero-order valence-electron chi connectivity index (χ0n) is 32.6. The van der Waals surface area contributed by atoms with Crippen LogP contribution in [-0.2, 0) is 0 Å². The van der Waals surface area contributed by atoms with Crippen molar-refractivity contribution < 1.29 is 0 Å². The Labute approximate surface area is 314 Å². The summed E-state index contributed by atoms with van der Waals surface area (Å²) in [4.78, 5) is 0. The first-order valence-corrected chi connectivity index (χ1v) is 23.1. The molecule has 3 aromatic heterocycles. The van der Waals surface area contributed by atoms with Crippen molar-refractivity contribution in [2.24, 2.45) is 0 Å². The topological polar surface area (TPSA) is 86.0 Å². The van der Waals surface area contributed by atoms with Crippen molar-refractivity contribution in [3.05, 3.63) is 50.9 Å². The molecule has 6 fully saturated rings. The predicted molar refractivity (Wildman–Crippen MR) is 212 cm³/mol. The second kappa shape index (κ2) is 16.6. The summed E-state index contributed by atoms with van der Waals surface area (Å²) < 4.78 is 0.